The van der Waals surface area contributed by atoms with Crippen molar-refractivity contribution < 1.29 is 13.9 Å². The van der Waals surface area contributed by atoms with Crippen LogP contribution in [0.4, 0.5) is 0 Å². The standard InChI is InChI=1S/C25H33N3O3/c1-2-8-23-21(7-1)22(16-25(31-23)11-3-4-12-25)28-24(27-17-19-10-15-29-18-19)26-13-9-20-6-5-14-30-20/h1-2,5-8,14,19,22H,3-4,9-13,15-18H2,(H2,26,27,28). The molecule has 1 aromatic carbocycles. The van der Waals surface area contributed by atoms with Crippen molar-refractivity contribution in [1.82, 2.24) is 10.6 Å². The first-order chi connectivity index (χ1) is 15.3. The monoisotopic (exact) mass is 423 g/mol. The Morgan fingerprint density at radius 2 is 2.03 bits per heavy atom. The maximum Gasteiger partial charge on any atom is 0.191 e. The minimum atomic E-state index is -0.0371. The number of furan rings is 1. The minimum Gasteiger partial charge on any atom is -0.487 e. The molecule has 31 heavy (non-hydrogen) atoms. The lowest BCUT2D eigenvalue weighted by Gasteiger charge is -2.40. The molecule has 2 fully saturated rings. The van der Waals surface area contributed by atoms with Crippen LogP contribution in [0.1, 0.15) is 55.9 Å². The molecule has 0 bridgehead atoms. The van der Waals surface area contributed by atoms with Crippen molar-refractivity contribution in [2.45, 2.75) is 56.6 Å². The van der Waals surface area contributed by atoms with Crippen molar-refractivity contribution in [3.05, 3.63) is 54.0 Å². The molecule has 0 amide bonds. The molecule has 1 saturated carbocycles. The fourth-order valence-corrected chi connectivity index (χ4v) is 5.10. The summed E-state index contributed by atoms with van der Waals surface area (Å²) in [5.74, 6) is 3.38. The van der Waals surface area contributed by atoms with Crippen LogP contribution in [0.2, 0.25) is 0 Å². The molecular formula is C25H33N3O3. The Hall–Kier alpha value is -2.47. The van der Waals surface area contributed by atoms with Gasteiger partial charge in [-0.15, -0.1) is 0 Å². The number of fused-ring (bicyclic) bond motifs is 1. The van der Waals surface area contributed by atoms with Crippen LogP contribution in [0.25, 0.3) is 0 Å². The zero-order valence-electron chi connectivity index (χ0n) is 18.1. The van der Waals surface area contributed by atoms with Gasteiger partial charge in [0.2, 0.25) is 0 Å². The molecule has 3 heterocycles. The molecular weight excluding hydrogens is 390 g/mol. The summed E-state index contributed by atoms with van der Waals surface area (Å²) in [6.45, 7) is 3.22. The van der Waals surface area contributed by atoms with Crippen molar-refractivity contribution in [3.63, 3.8) is 0 Å². The Balaban J connectivity index is 1.32. The van der Waals surface area contributed by atoms with Crippen LogP contribution in [0.15, 0.2) is 52.1 Å². The molecule has 2 aliphatic heterocycles. The first-order valence-electron chi connectivity index (χ1n) is 11.7. The highest BCUT2D eigenvalue weighted by molar-refractivity contribution is 5.80. The topological polar surface area (TPSA) is 68.0 Å². The average molecular weight is 424 g/mol. The maximum absolute atomic E-state index is 6.53. The molecule has 166 valence electrons. The van der Waals surface area contributed by atoms with E-state index >= 15 is 0 Å². The van der Waals surface area contributed by atoms with E-state index in [1.807, 2.05) is 12.1 Å². The third-order valence-corrected chi connectivity index (χ3v) is 6.80. The Bertz CT molecular complexity index is 868. The van der Waals surface area contributed by atoms with Gasteiger partial charge in [-0.2, -0.15) is 0 Å². The molecule has 6 heteroatoms. The van der Waals surface area contributed by atoms with E-state index in [0.29, 0.717) is 5.92 Å². The third kappa shape index (κ3) is 4.90. The van der Waals surface area contributed by atoms with Crippen LogP contribution in [-0.2, 0) is 11.2 Å². The molecule has 6 nitrogen and oxygen atoms in total. The van der Waals surface area contributed by atoms with Gasteiger partial charge in [0.15, 0.2) is 5.96 Å². The van der Waals surface area contributed by atoms with Crippen LogP contribution in [0.3, 0.4) is 0 Å². The Morgan fingerprint density at radius 1 is 1.13 bits per heavy atom. The summed E-state index contributed by atoms with van der Waals surface area (Å²) >= 11 is 0. The van der Waals surface area contributed by atoms with E-state index in [4.69, 9.17) is 18.9 Å². The average Bonchev–Trinajstić information content (AvgIpc) is 3.56. The van der Waals surface area contributed by atoms with Crippen molar-refractivity contribution in [2.24, 2.45) is 10.9 Å². The summed E-state index contributed by atoms with van der Waals surface area (Å²) in [6.07, 6.45) is 9.39. The van der Waals surface area contributed by atoms with Gasteiger partial charge in [-0.1, -0.05) is 18.2 Å². The van der Waals surface area contributed by atoms with E-state index < -0.39 is 0 Å². The predicted octanol–water partition coefficient (Wildman–Crippen LogP) is 4.23. The maximum atomic E-state index is 6.53. The lowest BCUT2D eigenvalue weighted by molar-refractivity contribution is 0.0396. The van der Waals surface area contributed by atoms with Gasteiger partial charge >= 0.3 is 0 Å². The molecule has 1 aliphatic carbocycles. The first kappa shape index (κ1) is 20.4. The van der Waals surface area contributed by atoms with Gasteiger partial charge in [0.05, 0.1) is 18.9 Å². The van der Waals surface area contributed by atoms with Crippen LogP contribution in [-0.4, -0.2) is 37.9 Å². The number of nitrogens with one attached hydrogen (secondary N) is 2. The second kappa shape index (κ2) is 9.35. The molecule has 1 spiro atoms. The van der Waals surface area contributed by atoms with Crippen LogP contribution in [0, 0.1) is 5.92 Å². The molecule has 2 unspecified atom stereocenters. The van der Waals surface area contributed by atoms with E-state index in [1.165, 1.54) is 18.4 Å². The number of nitrogens with zero attached hydrogens (tertiary/aromatic N) is 1. The second-order valence-electron chi connectivity index (χ2n) is 9.11. The van der Waals surface area contributed by atoms with Gasteiger partial charge in [0.1, 0.15) is 17.1 Å². The van der Waals surface area contributed by atoms with Gasteiger partial charge in [-0.05, 0) is 50.3 Å². The Labute approximate surface area is 184 Å². The van der Waals surface area contributed by atoms with E-state index in [9.17, 15) is 0 Å². The smallest absolute Gasteiger partial charge is 0.191 e. The van der Waals surface area contributed by atoms with E-state index in [-0.39, 0.29) is 11.6 Å². The molecule has 1 aromatic heterocycles. The molecule has 5 rings (SSSR count). The molecule has 2 atom stereocenters. The first-order valence-corrected chi connectivity index (χ1v) is 11.7. The number of hydrogen-bond acceptors (Lipinski definition) is 4. The summed E-state index contributed by atoms with van der Waals surface area (Å²) < 4.78 is 17.6. The van der Waals surface area contributed by atoms with Crippen molar-refractivity contribution >= 4 is 5.96 Å². The van der Waals surface area contributed by atoms with E-state index in [1.54, 1.807) is 6.26 Å². The van der Waals surface area contributed by atoms with Gasteiger partial charge in [0.25, 0.3) is 0 Å². The number of rotatable bonds is 6. The van der Waals surface area contributed by atoms with Gasteiger partial charge in [0, 0.05) is 44.0 Å². The number of para-hydroxylation sites is 1. The van der Waals surface area contributed by atoms with E-state index in [0.717, 1.165) is 75.9 Å². The molecule has 2 aromatic rings. The van der Waals surface area contributed by atoms with Gasteiger partial charge < -0.3 is 24.5 Å². The fraction of sp³-hybridized carbons (Fsp3) is 0.560. The summed E-state index contributed by atoms with van der Waals surface area (Å²) in [6, 6.07) is 12.6. The highest BCUT2D eigenvalue weighted by Gasteiger charge is 2.43. The Morgan fingerprint density at radius 3 is 2.84 bits per heavy atom. The lowest BCUT2D eigenvalue weighted by atomic mass is 9.86. The quantitative estimate of drug-likeness (QED) is 0.538. The second-order valence-corrected chi connectivity index (χ2v) is 9.11. The summed E-state index contributed by atoms with van der Waals surface area (Å²) in [5.41, 5.74) is 1.19. The van der Waals surface area contributed by atoms with Crippen LogP contribution >= 0.6 is 0 Å². The van der Waals surface area contributed by atoms with Crippen LogP contribution < -0.4 is 15.4 Å². The minimum absolute atomic E-state index is 0.0371. The number of guanidine groups is 1. The zero-order valence-corrected chi connectivity index (χ0v) is 18.1. The van der Waals surface area contributed by atoms with Crippen molar-refractivity contribution in [2.75, 3.05) is 26.3 Å². The SMILES string of the molecule is c1coc(CCNC(=NCC2CCOC2)NC2CC3(CCCC3)Oc3ccccc32)c1. The normalized spacial score (nSPS) is 24.7. The van der Waals surface area contributed by atoms with Crippen molar-refractivity contribution in [3.8, 4) is 5.75 Å². The molecule has 2 N–H and O–H groups in total. The zero-order chi connectivity index (χ0) is 20.9. The van der Waals surface area contributed by atoms with Gasteiger partial charge in [-0.3, -0.25) is 4.99 Å². The molecule has 0 radical (unpaired) electrons. The van der Waals surface area contributed by atoms with Crippen LogP contribution in [0.5, 0.6) is 5.75 Å². The number of aliphatic imine (C=N–C) groups is 1. The van der Waals surface area contributed by atoms with Crippen molar-refractivity contribution in [1.29, 1.82) is 0 Å². The Kier molecular flexibility index (Phi) is 6.16. The highest BCUT2D eigenvalue weighted by atomic mass is 16.5. The fourth-order valence-electron chi connectivity index (χ4n) is 5.10. The highest BCUT2D eigenvalue weighted by Crippen LogP contribution is 2.46. The third-order valence-electron chi connectivity index (χ3n) is 6.80. The van der Waals surface area contributed by atoms with Gasteiger partial charge in [-0.25, -0.2) is 0 Å². The number of benzene rings is 1. The summed E-state index contributed by atoms with van der Waals surface area (Å²) in [7, 11) is 0. The largest absolute Gasteiger partial charge is 0.487 e. The molecule has 1 saturated heterocycles. The number of ether oxygens (including phenoxy) is 2. The summed E-state index contributed by atoms with van der Waals surface area (Å²) in [4.78, 5) is 4.95. The summed E-state index contributed by atoms with van der Waals surface area (Å²) in [5, 5.41) is 7.29. The predicted molar refractivity (Wildman–Crippen MR) is 120 cm³/mol. The van der Waals surface area contributed by atoms with E-state index in [2.05, 4.69) is 34.9 Å². The number of hydrogen-bond donors (Lipinski definition) is 2. The molecule has 3 aliphatic rings. The lowest BCUT2D eigenvalue weighted by Crippen LogP contribution is -2.47.